The van der Waals surface area contributed by atoms with Gasteiger partial charge in [-0.3, -0.25) is 9.59 Å². The molecule has 0 saturated heterocycles. The molecule has 0 saturated carbocycles. The van der Waals surface area contributed by atoms with Gasteiger partial charge in [0.2, 0.25) is 0 Å². The molecule has 0 aliphatic rings. The maximum absolute atomic E-state index is 12.2. The van der Waals surface area contributed by atoms with E-state index < -0.39 is 11.4 Å². The molecule has 1 aromatic heterocycles. The van der Waals surface area contributed by atoms with Crippen molar-refractivity contribution in [2.75, 3.05) is 20.3 Å². The maximum atomic E-state index is 12.2. The summed E-state index contributed by atoms with van der Waals surface area (Å²) >= 11 is 0. The lowest BCUT2D eigenvalue weighted by Gasteiger charge is -2.30. The number of aliphatic hydroxyl groups is 1. The highest BCUT2D eigenvalue weighted by molar-refractivity contribution is 5.92. The largest absolute Gasteiger partial charge is 0.394 e. The van der Waals surface area contributed by atoms with Crippen molar-refractivity contribution in [2.24, 2.45) is 0 Å². The molecule has 0 unspecified atom stereocenters. The van der Waals surface area contributed by atoms with E-state index in [0.717, 1.165) is 0 Å². The standard InChI is InChI=1S/C14H23N3O4/c1-4-14(5-2,10-18)15-13(20)11-6-7-12(19)17(16-11)8-9-21-3/h6-7,18H,4-5,8-10H2,1-3H3,(H,15,20). The van der Waals surface area contributed by atoms with E-state index in [0.29, 0.717) is 19.4 Å². The summed E-state index contributed by atoms with van der Waals surface area (Å²) in [6.45, 7) is 4.26. The van der Waals surface area contributed by atoms with Gasteiger partial charge in [-0.25, -0.2) is 4.68 Å². The summed E-state index contributed by atoms with van der Waals surface area (Å²) in [7, 11) is 1.53. The van der Waals surface area contributed by atoms with Crippen LogP contribution in [-0.2, 0) is 11.3 Å². The lowest BCUT2D eigenvalue weighted by molar-refractivity contribution is 0.0809. The molecule has 0 aliphatic heterocycles. The number of methoxy groups -OCH3 is 1. The second-order valence-corrected chi connectivity index (χ2v) is 4.87. The lowest BCUT2D eigenvalue weighted by Crippen LogP contribution is -2.51. The number of aromatic nitrogens is 2. The zero-order chi connectivity index (χ0) is 15.9. The molecule has 2 N–H and O–H groups in total. The van der Waals surface area contributed by atoms with E-state index in [2.05, 4.69) is 10.4 Å². The molecule has 0 fully saturated rings. The molecule has 1 heterocycles. The van der Waals surface area contributed by atoms with Crippen molar-refractivity contribution in [3.8, 4) is 0 Å². The third-order valence-electron chi connectivity index (χ3n) is 3.64. The summed E-state index contributed by atoms with van der Waals surface area (Å²) in [4.78, 5) is 23.9. The number of nitrogens with one attached hydrogen (secondary N) is 1. The van der Waals surface area contributed by atoms with Gasteiger partial charge in [-0.15, -0.1) is 0 Å². The van der Waals surface area contributed by atoms with Gasteiger partial charge >= 0.3 is 0 Å². The van der Waals surface area contributed by atoms with E-state index in [1.165, 1.54) is 23.9 Å². The normalized spacial score (nSPS) is 11.4. The summed E-state index contributed by atoms with van der Waals surface area (Å²) in [5.74, 6) is -0.404. The molecular formula is C14H23N3O4. The predicted octanol–water partition coefficient (Wildman–Crippen LogP) is 0.171. The lowest BCUT2D eigenvalue weighted by atomic mass is 9.93. The van der Waals surface area contributed by atoms with Crippen LogP contribution in [0.3, 0.4) is 0 Å². The summed E-state index contributed by atoms with van der Waals surface area (Å²) in [5, 5.41) is 16.3. The third kappa shape index (κ3) is 4.37. The summed E-state index contributed by atoms with van der Waals surface area (Å²) in [6, 6.07) is 2.69. The van der Waals surface area contributed by atoms with Crippen molar-refractivity contribution in [1.29, 1.82) is 0 Å². The van der Waals surface area contributed by atoms with Crippen LogP contribution in [-0.4, -0.2) is 46.7 Å². The van der Waals surface area contributed by atoms with Gasteiger partial charge in [0.25, 0.3) is 11.5 Å². The smallest absolute Gasteiger partial charge is 0.272 e. The average molecular weight is 297 g/mol. The monoisotopic (exact) mass is 297 g/mol. The number of hydrogen-bond acceptors (Lipinski definition) is 5. The van der Waals surface area contributed by atoms with Gasteiger partial charge in [0, 0.05) is 13.2 Å². The van der Waals surface area contributed by atoms with Crippen LogP contribution in [0, 0.1) is 0 Å². The molecule has 0 bridgehead atoms. The van der Waals surface area contributed by atoms with Gasteiger partial charge in [0.15, 0.2) is 0 Å². The van der Waals surface area contributed by atoms with E-state index in [9.17, 15) is 14.7 Å². The first-order valence-corrected chi connectivity index (χ1v) is 7.02. The van der Waals surface area contributed by atoms with Crippen LogP contribution >= 0.6 is 0 Å². The first kappa shape index (κ1) is 17.3. The number of nitrogens with zero attached hydrogens (tertiary/aromatic N) is 2. The maximum Gasteiger partial charge on any atom is 0.272 e. The molecule has 0 aromatic carbocycles. The fourth-order valence-electron chi connectivity index (χ4n) is 1.90. The Morgan fingerprint density at radius 1 is 1.43 bits per heavy atom. The van der Waals surface area contributed by atoms with E-state index in [-0.39, 0.29) is 24.4 Å². The number of amides is 1. The number of carbonyl (C=O) groups is 1. The molecule has 1 rings (SSSR count). The highest BCUT2D eigenvalue weighted by Crippen LogP contribution is 2.14. The van der Waals surface area contributed by atoms with Crippen LogP contribution in [0.1, 0.15) is 37.2 Å². The van der Waals surface area contributed by atoms with Crippen molar-refractivity contribution < 1.29 is 14.6 Å². The predicted molar refractivity (Wildman–Crippen MR) is 78.2 cm³/mol. The van der Waals surface area contributed by atoms with E-state index in [1.54, 1.807) is 0 Å². The van der Waals surface area contributed by atoms with Gasteiger partial charge < -0.3 is 15.2 Å². The van der Waals surface area contributed by atoms with Crippen molar-refractivity contribution >= 4 is 5.91 Å². The van der Waals surface area contributed by atoms with Crippen LogP contribution in [0.2, 0.25) is 0 Å². The van der Waals surface area contributed by atoms with Crippen molar-refractivity contribution in [1.82, 2.24) is 15.1 Å². The second-order valence-electron chi connectivity index (χ2n) is 4.87. The third-order valence-corrected chi connectivity index (χ3v) is 3.64. The molecule has 0 spiro atoms. The van der Waals surface area contributed by atoms with Crippen LogP contribution in [0.4, 0.5) is 0 Å². The molecule has 118 valence electrons. The van der Waals surface area contributed by atoms with E-state index in [4.69, 9.17) is 4.74 Å². The Bertz CT molecular complexity index is 515. The Morgan fingerprint density at radius 2 is 2.10 bits per heavy atom. The fraction of sp³-hybridized carbons (Fsp3) is 0.643. The van der Waals surface area contributed by atoms with Crippen molar-refractivity contribution in [3.63, 3.8) is 0 Å². The Hall–Kier alpha value is -1.73. The molecule has 7 heteroatoms. The Kier molecular flexibility index (Phi) is 6.51. The summed E-state index contributed by atoms with van der Waals surface area (Å²) in [5.41, 5.74) is -0.805. The number of ether oxygens (including phenoxy) is 1. The number of carbonyl (C=O) groups excluding carboxylic acids is 1. The number of hydrogen-bond donors (Lipinski definition) is 2. The molecular weight excluding hydrogens is 274 g/mol. The van der Waals surface area contributed by atoms with E-state index >= 15 is 0 Å². The van der Waals surface area contributed by atoms with Gasteiger partial charge in [0.05, 0.1) is 25.3 Å². The molecule has 21 heavy (non-hydrogen) atoms. The highest BCUT2D eigenvalue weighted by Gasteiger charge is 2.28. The van der Waals surface area contributed by atoms with Gasteiger partial charge in [0.1, 0.15) is 5.69 Å². The number of aliphatic hydroxyl groups excluding tert-OH is 1. The zero-order valence-electron chi connectivity index (χ0n) is 12.8. The van der Waals surface area contributed by atoms with E-state index in [1.807, 2.05) is 13.8 Å². The van der Waals surface area contributed by atoms with Crippen molar-refractivity contribution in [2.45, 2.75) is 38.8 Å². The second kappa shape index (κ2) is 7.90. The molecule has 1 aromatic rings. The molecule has 0 radical (unpaired) electrons. The summed E-state index contributed by atoms with van der Waals surface area (Å²) in [6.07, 6.45) is 1.21. The van der Waals surface area contributed by atoms with Crippen LogP contribution in [0.15, 0.2) is 16.9 Å². The SMILES string of the molecule is CCC(CC)(CO)NC(=O)c1ccc(=O)n(CCOC)n1. The minimum absolute atomic E-state index is 0.144. The fourth-order valence-corrected chi connectivity index (χ4v) is 1.90. The molecule has 1 amide bonds. The number of rotatable bonds is 8. The first-order valence-electron chi connectivity index (χ1n) is 7.02. The minimum Gasteiger partial charge on any atom is -0.394 e. The molecule has 7 nitrogen and oxygen atoms in total. The molecule has 0 aliphatic carbocycles. The Morgan fingerprint density at radius 3 is 2.62 bits per heavy atom. The quantitative estimate of drug-likeness (QED) is 0.713. The molecule has 0 atom stereocenters. The van der Waals surface area contributed by atoms with Gasteiger partial charge in [-0.1, -0.05) is 13.8 Å². The Labute approximate surface area is 123 Å². The van der Waals surface area contributed by atoms with Gasteiger partial charge in [-0.05, 0) is 18.9 Å². The zero-order valence-corrected chi connectivity index (χ0v) is 12.8. The Balaban J connectivity index is 2.94. The van der Waals surface area contributed by atoms with Crippen LogP contribution in [0.25, 0.3) is 0 Å². The van der Waals surface area contributed by atoms with Crippen molar-refractivity contribution in [3.05, 3.63) is 28.2 Å². The highest BCUT2D eigenvalue weighted by atomic mass is 16.5. The van der Waals surface area contributed by atoms with Gasteiger partial charge in [-0.2, -0.15) is 5.10 Å². The average Bonchev–Trinajstić information content (AvgIpc) is 2.51. The summed E-state index contributed by atoms with van der Waals surface area (Å²) < 4.78 is 6.09. The van der Waals surface area contributed by atoms with Crippen LogP contribution in [0.5, 0.6) is 0 Å². The van der Waals surface area contributed by atoms with Crippen LogP contribution < -0.4 is 10.9 Å². The topological polar surface area (TPSA) is 93.5 Å². The minimum atomic E-state index is -0.660. The first-order chi connectivity index (χ1) is 10.0.